The lowest BCUT2D eigenvalue weighted by molar-refractivity contribution is 0.546. The second-order valence-corrected chi connectivity index (χ2v) is 8.34. The van der Waals surface area contributed by atoms with Gasteiger partial charge in [-0.15, -0.1) is 0 Å². The molecule has 1 aromatic carbocycles. The second-order valence-electron chi connectivity index (χ2n) is 6.53. The minimum Gasteiger partial charge on any atom is -0.310 e. The van der Waals surface area contributed by atoms with E-state index in [1.165, 1.54) is 28.5 Å². The van der Waals surface area contributed by atoms with Gasteiger partial charge >= 0.3 is 0 Å². The molecule has 27 heavy (non-hydrogen) atoms. The molecule has 0 saturated carbocycles. The van der Waals surface area contributed by atoms with E-state index in [-0.39, 0.29) is 10.9 Å². The summed E-state index contributed by atoms with van der Waals surface area (Å²) in [6, 6.07) is 9.45. The first kappa shape index (κ1) is 17.9. The number of fused-ring (bicyclic) bond motifs is 1. The predicted molar refractivity (Wildman–Crippen MR) is 101 cm³/mol. The molecule has 7 heteroatoms. The van der Waals surface area contributed by atoms with E-state index in [1.807, 2.05) is 6.92 Å². The molecule has 0 radical (unpaired) electrons. The predicted octanol–water partition coefficient (Wildman–Crippen LogP) is 3.52. The Labute approximate surface area is 157 Å². The van der Waals surface area contributed by atoms with Crippen molar-refractivity contribution in [2.24, 2.45) is 0 Å². The van der Waals surface area contributed by atoms with Gasteiger partial charge in [-0.3, -0.25) is 4.98 Å². The van der Waals surface area contributed by atoms with Crippen LogP contribution in [0, 0.1) is 5.82 Å². The third-order valence-electron chi connectivity index (χ3n) is 4.94. The van der Waals surface area contributed by atoms with E-state index < -0.39 is 15.8 Å². The summed E-state index contributed by atoms with van der Waals surface area (Å²) in [6.45, 7) is 2.79. The summed E-state index contributed by atoms with van der Waals surface area (Å²) in [4.78, 5) is 4.01. The molecule has 1 N–H and O–H groups in total. The molecule has 0 fully saturated rings. The van der Waals surface area contributed by atoms with Crippen LogP contribution in [0.25, 0.3) is 11.3 Å². The Morgan fingerprint density at radius 2 is 2.07 bits per heavy atom. The number of pyridine rings is 1. The zero-order chi connectivity index (χ0) is 19.0. The van der Waals surface area contributed by atoms with Crippen molar-refractivity contribution in [2.45, 2.75) is 30.7 Å². The highest BCUT2D eigenvalue weighted by molar-refractivity contribution is 7.90. The van der Waals surface area contributed by atoms with Crippen molar-refractivity contribution in [3.05, 3.63) is 71.9 Å². The van der Waals surface area contributed by atoms with Gasteiger partial charge in [0.05, 0.1) is 5.69 Å². The number of nitrogens with zero attached hydrogens (tertiary/aromatic N) is 2. The Morgan fingerprint density at radius 3 is 2.78 bits per heavy atom. The van der Waals surface area contributed by atoms with Gasteiger partial charge in [0.25, 0.3) is 10.0 Å². The fourth-order valence-electron chi connectivity index (χ4n) is 3.74. The molecule has 140 valence electrons. The van der Waals surface area contributed by atoms with Crippen molar-refractivity contribution in [3.8, 4) is 11.3 Å². The van der Waals surface area contributed by atoms with Gasteiger partial charge in [-0.1, -0.05) is 19.1 Å². The minimum absolute atomic E-state index is 0.0703. The third kappa shape index (κ3) is 2.96. The summed E-state index contributed by atoms with van der Waals surface area (Å²) in [6.07, 6.45) is 6.04. The highest BCUT2D eigenvalue weighted by atomic mass is 32.2. The van der Waals surface area contributed by atoms with Crippen molar-refractivity contribution < 1.29 is 12.8 Å². The summed E-state index contributed by atoms with van der Waals surface area (Å²) in [5.41, 5.74) is 2.51. The molecule has 0 bridgehead atoms. The van der Waals surface area contributed by atoms with Crippen LogP contribution in [0.1, 0.15) is 30.5 Å². The molecule has 0 aliphatic heterocycles. The summed E-state index contributed by atoms with van der Waals surface area (Å²) in [7, 11) is -3.89. The zero-order valence-electron chi connectivity index (χ0n) is 14.9. The Morgan fingerprint density at radius 1 is 1.26 bits per heavy atom. The van der Waals surface area contributed by atoms with Crippen molar-refractivity contribution in [1.82, 2.24) is 14.3 Å². The number of nitrogens with one attached hydrogen (secondary N) is 1. The maximum atomic E-state index is 14.6. The summed E-state index contributed by atoms with van der Waals surface area (Å²) >= 11 is 0. The number of aromatic nitrogens is 2. The summed E-state index contributed by atoms with van der Waals surface area (Å²) in [5, 5.41) is 3.38. The van der Waals surface area contributed by atoms with Gasteiger partial charge in [-0.2, -0.15) is 0 Å². The Balaban J connectivity index is 1.98. The lowest BCUT2D eigenvalue weighted by Crippen LogP contribution is -2.19. The maximum absolute atomic E-state index is 14.6. The fourth-order valence-corrected chi connectivity index (χ4v) is 5.11. The van der Waals surface area contributed by atoms with Crippen molar-refractivity contribution in [1.29, 1.82) is 0 Å². The Hall–Kier alpha value is -2.51. The Bertz CT molecular complexity index is 1080. The second kappa shape index (κ2) is 6.90. The lowest BCUT2D eigenvalue weighted by atomic mass is 10.1. The molecule has 2 aromatic heterocycles. The van der Waals surface area contributed by atoms with Crippen molar-refractivity contribution in [3.63, 3.8) is 0 Å². The number of halogens is 1. The monoisotopic (exact) mass is 385 g/mol. The van der Waals surface area contributed by atoms with Crippen LogP contribution in [0.3, 0.4) is 0 Å². The quantitative estimate of drug-likeness (QED) is 0.730. The molecule has 2 heterocycles. The lowest BCUT2D eigenvalue weighted by Gasteiger charge is -2.13. The van der Waals surface area contributed by atoms with Crippen molar-refractivity contribution >= 4 is 10.0 Å². The van der Waals surface area contributed by atoms with Gasteiger partial charge in [0.1, 0.15) is 10.7 Å². The molecule has 1 aliphatic carbocycles. The molecule has 0 saturated heterocycles. The van der Waals surface area contributed by atoms with E-state index in [4.69, 9.17) is 0 Å². The number of benzene rings is 1. The standard InChI is InChI=1S/C20H20FN3O2S/c1-2-23-19-10-9-15-17(19)13-24(20(15)16-7-3-4-8-18(16)21)27(25,26)14-6-5-11-22-12-14/h3-8,11-13,19,23H,2,9-10H2,1H3. The fraction of sp³-hybridized carbons (Fsp3) is 0.250. The molecular weight excluding hydrogens is 365 g/mol. The van der Waals surface area contributed by atoms with Crippen LogP contribution in [0.5, 0.6) is 0 Å². The molecule has 0 spiro atoms. The van der Waals surface area contributed by atoms with Gasteiger partial charge in [-0.05, 0) is 54.8 Å². The van der Waals surface area contributed by atoms with Gasteiger partial charge < -0.3 is 5.32 Å². The molecule has 3 aromatic rings. The van der Waals surface area contributed by atoms with Crippen LogP contribution >= 0.6 is 0 Å². The van der Waals surface area contributed by atoms with Gasteiger partial charge in [0.2, 0.25) is 0 Å². The largest absolute Gasteiger partial charge is 0.310 e. The molecule has 5 nitrogen and oxygen atoms in total. The van der Waals surface area contributed by atoms with E-state index in [2.05, 4.69) is 10.3 Å². The average molecular weight is 385 g/mol. The van der Waals surface area contributed by atoms with Gasteiger partial charge in [-0.25, -0.2) is 16.8 Å². The summed E-state index contributed by atoms with van der Waals surface area (Å²) < 4.78 is 42.4. The molecule has 1 aliphatic rings. The zero-order valence-corrected chi connectivity index (χ0v) is 15.7. The molecular formula is C20H20FN3O2S. The third-order valence-corrected chi connectivity index (χ3v) is 6.58. The molecule has 0 amide bonds. The van der Waals surface area contributed by atoms with Crippen LogP contribution < -0.4 is 5.32 Å². The summed E-state index contributed by atoms with van der Waals surface area (Å²) in [5.74, 6) is -0.437. The van der Waals surface area contributed by atoms with E-state index >= 15 is 0 Å². The first-order chi connectivity index (χ1) is 13.0. The van der Waals surface area contributed by atoms with Crippen LogP contribution in [-0.2, 0) is 16.4 Å². The smallest absolute Gasteiger partial charge is 0.269 e. The van der Waals surface area contributed by atoms with Gasteiger partial charge in [0, 0.05) is 30.2 Å². The first-order valence-corrected chi connectivity index (χ1v) is 10.4. The topological polar surface area (TPSA) is 64.0 Å². The number of hydrogen-bond acceptors (Lipinski definition) is 4. The van der Waals surface area contributed by atoms with Crippen LogP contribution in [0.15, 0.2) is 59.9 Å². The number of rotatable bonds is 5. The van der Waals surface area contributed by atoms with Crippen molar-refractivity contribution in [2.75, 3.05) is 6.54 Å². The highest BCUT2D eigenvalue weighted by Crippen LogP contribution is 2.41. The minimum atomic E-state index is -3.89. The molecule has 4 rings (SSSR count). The highest BCUT2D eigenvalue weighted by Gasteiger charge is 2.33. The molecule has 1 unspecified atom stereocenters. The van der Waals surface area contributed by atoms with E-state index in [0.29, 0.717) is 17.7 Å². The van der Waals surface area contributed by atoms with Crippen LogP contribution in [0.4, 0.5) is 4.39 Å². The normalized spacial score (nSPS) is 16.4. The maximum Gasteiger partial charge on any atom is 0.269 e. The average Bonchev–Trinajstić information content (AvgIpc) is 3.24. The van der Waals surface area contributed by atoms with E-state index in [9.17, 15) is 12.8 Å². The molecule has 1 atom stereocenters. The van der Waals surface area contributed by atoms with E-state index in [0.717, 1.165) is 24.1 Å². The van der Waals surface area contributed by atoms with Gasteiger partial charge in [0.15, 0.2) is 0 Å². The Kier molecular flexibility index (Phi) is 4.57. The van der Waals surface area contributed by atoms with E-state index in [1.54, 1.807) is 30.5 Å². The SMILES string of the molecule is CCNC1CCc2c1cn(S(=O)(=O)c1cccnc1)c2-c1ccccc1F. The first-order valence-electron chi connectivity index (χ1n) is 8.92. The van der Waals surface area contributed by atoms with Crippen LogP contribution in [-0.4, -0.2) is 23.9 Å². The van der Waals surface area contributed by atoms with Crippen LogP contribution in [0.2, 0.25) is 0 Å². The number of hydrogen-bond donors (Lipinski definition) is 1.